The molecule has 0 spiro atoms. The molecule has 1 aromatic carbocycles. The van der Waals surface area contributed by atoms with Gasteiger partial charge in [0.05, 0.1) is 0 Å². The van der Waals surface area contributed by atoms with Crippen LogP contribution in [0.5, 0.6) is 0 Å². The van der Waals surface area contributed by atoms with Crippen molar-refractivity contribution in [3.05, 3.63) is 29.8 Å². The Morgan fingerprint density at radius 3 is 2.88 bits per heavy atom. The van der Waals surface area contributed by atoms with Crippen LogP contribution >= 0.6 is 0 Å². The molecule has 1 rings (SSSR count). The molecule has 0 saturated heterocycles. The van der Waals surface area contributed by atoms with Gasteiger partial charge in [0.25, 0.3) is 0 Å². The molecule has 1 aromatic rings. The molecule has 4 nitrogen and oxygen atoms in total. The van der Waals surface area contributed by atoms with E-state index in [9.17, 15) is 4.79 Å². The lowest BCUT2D eigenvalue weighted by atomic mass is 10.2. The number of amides is 2. The van der Waals surface area contributed by atoms with Gasteiger partial charge in [-0.2, -0.15) is 0 Å². The van der Waals surface area contributed by atoms with E-state index in [4.69, 9.17) is 5.73 Å². The highest BCUT2D eigenvalue weighted by Gasteiger charge is 2.01. The number of nitrogens with two attached hydrogens (primary N) is 1. The Morgan fingerprint density at radius 1 is 1.50 bits per heavy atom. The fourth-order valence-electron chi connectivity index (χ4n) is 1.31. The van der Waals surface area contributed by atoms with E-state index in [0.29, 0.717) is 6.54 Å². The molecule has 0 aliphatic heterocycles. The highest BCUT2D eigenvalue weighted by atomic mass is 16.2. The molecule has 1 atom stereocenters. The first kappa shape index (κ1) is 12.5. The van der Waals surface area contributed by atoms with Gasteiger partial charge < -0.3 is 16.4 Å². The molecule has 1 unspecified atom stereocenters. The zero-order valence-electron chi connectivity index (χ0n) is 9.79. The lowest BCUT2D eigenvalue weighted by molar-refractivity contribution is 0.252. The maximum Gasteiger partial charge on any atom is 0.319 e. The zero-order chi connectivity index (χ0) is 12.0. The maximum absolute atomic E-state index is 11.4. The molecular formula is C12H19N3O. The second-order valence-electron chi connectivity index (χ2n) is 4.02. The molecular weight excluding hydrogens is 202 g/mol. The molecule has 0 saturated carbocycles. The van der Waals surface area contributed by atoms with E-state index in [1.807, 2.05) is 38.1 Å². The van der Waals surface area contributed by atoms with Crippen LogP contribution in [0, 0.1) is 6.92 Å². The number of urea groups is 1. The predicted octanol–water partition coefficient (Wildman–Crippen LogP) is 1.85. The Balaban J connectivity index is 2.34. The summed E-state index contributed by atoms with van der Waals surface area (Å²) in [5.41, 5.74) is 7.50. The van der Waals surface area contributed by atoms with Gasteiger partial charge in [0.15, 0.2) is 0 Å². The minimum Gasteiger partial charge on any atom is -0.338 e. The number of aryl methyl sites for hydroxylation is 1. The summed E-state index contributed by atoms with van der Waals surface area (Å²) >= 11 is 0. The third-order valence-electron chi connectivity index (χ3n) is 2.16. The summed E-state index contributed by atoms with van der Waals surface area (Å²) in [6, 6.07) is 7.60. The highest BCUT2D eigenvalue weighted by Crippen LogP contribution is 2.08. The molecule has 2 amide bonds. The molecule has 88 valence electrons. The first-order valence-corrected chi connectivity index (χ1v) is 5.45. The van der Waals surface area contributed by atoms with Crippen LogP contribution in [0.2, 0.25) is 0 Å². The van der Waals surface area contributed by atoms with Gasteiger partial charge in [-0.1, -0.05) is 12.1 Å². The molecule has 0 heterocycles. The van der Waals surface area contributed by atoms with Crippen molar-refractivity contribution in [1.82, 2.24) is 5.32 Å². The number of hydrogen-bond acceptors (Lipinski definition) is 2. The summed E-state index contributed by atoms with van der Waals surface area (Å²) in [7, 11) is 0. The van der Waals surface area contributed by atoms with Crippen LogP contribution in [0.15, 0.2) is 24.3 Å². The average molecular weight is 221 g/mol. The number of hydrogen-bond donors (Lipinski definition) is 3. The average Bonchev–Trinajstić information content (AvgIpc) is 2.16. The first-order valence-electron chi connectivity index (χ1n) is 5.45. The van der Waals surface area contributed by atoms with Gasteiger partial charge in [-0.15, -0.1) is 0 Å². The number of nitrogens with one attached hydrogen (secondary N) is 2. The van der Waals surface area contributed by atoms with E-state index in [-0.39, 0.29) is 12.1 Å². The Kier molecular flexibility index (Phi) is 4.79. The monoisotopic (exact) mass is 221 g/mol. The van der Waals surface area contributed by atoms with Crippen molar-refractivity contribution in [3.8, 4) is 0 Å². The minimum absolute atomic E-state index is 0.110. The van der Waals surface area contributed by atoms with Crippen molar-refractivity contribution in [3.63, 3.8) is 0 Å². The molecule has 16 heavy (non-hydrogen) atoms. The molecule has 4 N–H and O–H groups in total. The van der Waals surface area contributed by atoms with Crippen LogP contribution in [0.25, 0.3) is 0 Å². The molecule has 0 aliphatic rings. The number of carbonyl (C=O) groups is 1. The third kappa shape index (κ3) is 4.79. The largest absolute Gasteiger partial charge is 0.338 e. The van der Waals surface area contributed by atoms with Gasteiger partial charge in [-0.3, -0.25) is 0 Å². The van der Waals surface area contributed by atoms with Crippen LogP contribution < -0.4 is 16.4 Å². The van der Waals surface area contributed by atoms with Crippen LogP contribution in [0.3, 0.4) is 0 Å². The summed E-state index contributed by atoms with van der Waals surface area (Å²) < 4.78 is 0. The van der Waals surface area contributed by atoms with Crippen LogP contribution in [0.1, 0.15) is 18.9 Å². The lowest BCUT2D eigenvalue weighted by Crippen LogP contribution is -2.32. The summed E-state index contributed by atoms with van der Waals surface area (Å²) in [4.78, 5) is 11.4. The number of rotatable bonds is 4. The van der Waals surface area contributed by atoms with Gasteiger partial charge in [-0.25, -0.2) is 4.79 Å². The summed E-state index contributed by atoms with van der Waals surface area (Å²) in [5, 5.41) is 5.52. The number of anilines is 1. The number of carbonyl (C=O) groups excluding carboxylic acids is 1. The Labute approximate surface area is 96.2 Å². The second-order valence-corrected chi connectivity index (χ2v) is 4.02. The standard InChI is InChI=1S/C12H19N3O/c1-9-4-3-5-11(8-9)15-12(16)14-7-6-10(2)13/h3-5,8,10H,6-7,13H2,1-2H3,(H2,14,15,16). The van der Waals surface area contributed by atoms with E-state index >= 15 is 0 Å². The van der Waals surface area contributed by atoms with E-state index in [1.54, 1.807) is 0 Å². The van der Waals surface area contributed by atoms with Gasteiger partial charge in [0, 0.05) is 18.3 Å². The third-order valence-corrected chi connectivity index (χ3v) is 2.16. The summed E-state index contributed by atoms with van der Waals surface area (Å²) in [5.74, 6) is 0. The van der Waals surface area contributed by atoms with Gasteiger partial charge in [0.1, 0.15) is 0 Å². The second kappa shape index (κ2) is 6.12. The summed E-state index contributed by atoms with van der Waals surface area (Å²) in [6.07, 6.45) is 0.779. The van der Waals surface area contributed by atoms with Crippen LogP contribution in [-0.2, 0) is 0 Å². The van der Waals surface area contributed by atoms with Crippen molar-refractivity contribution >= 4 is 11.7 Å². The van der Waals surface area contributed by atoms with Crippen molar-refractivity contribution in [2.24, 2.45) is 5.73 Å². The normalized spacial score (nSPS) is 11.9. The molecule has 0 aromatic heterocycles. The predicted molar refractivity (Wildman–Crippen MR) is 66.5 cm³/mol. The van der Waals surface area contributed by atoms with E-state index < -0.39 is 0 Å². The van der Waals surface area contributed by atoms with Gasteiger partial charge in [-0.05, 0) is 38.0 Å². The van der Waals surface area contributed by atoms with Crippen molar-refractivity contribution in [1.29, 1.82) is 0 Å². The quantitative estimate of drug-likeness (QED) is 0.726. The molecule has 0 bridgehead atoms. The van der Waals surface area contributed by atoms with E-state index in [0.717, 1.165) is 17.7 Å². The molecule has 4 heteroatoms. The Morgan fingerprint density at radius 2 is 2.25 bits per heavy atom. The topological polar surface area (TPSA) is 67.2 Å². The zero-order valence-corrected chi connectivity index (χ0v) is 9.79. The van der Waals surface area contributed by atoms with Gasteiger partial charge in [0.2, 0.25) is 0 Å². The first-order chi connectivity index (χ1) is 7.58. The SMILES string of the molecule is Cc1cccc(NC(=O)NCCC(C)N)c1. The van der Waals surface area contributed by atoms with Crippen molar-refractivity contribution in [2.45, 2.75) is 26.3 Å². The number of benzene rings is 1. The Hall–Kier alpha value is -1.55. The molecule has 0 aliphatic carbocycles. The van der Waals surface area contributed by atoms with Crippen LogP contribution in [-0.4, -0.2) is 18.6 Å². The highest BCUT2D eigenvalue weighted by molar-refractivity contribution is 5.89. The van der Waals surface area contributed by atoms with E-state index in [1.165, 1.54) is 0 Å². The van der Waals surface area contributed by atoms with E-state index in [2.05, 4.69) is 10.6 Å². The van der Waals surface area contributed by atoms with Gasteiger partial charge >= 0.3 is 6.03 Å². The maximum atomic E-state index is 11.4. The fraction of sp³-hybridized carbons (Fsp3) is 0.417. The van der Waals surface area contributed by atoms with Crippen molar-refractivity contribution < 1.29 is 4.79 Å². The smallest absolute Gasteiger partial charge is 0.319 e. The lowest BCUT2D eigenvalue weighted by Gasteiger charge is -2.09. The Bertz CT molecular complexity index is 350. The molecule has 0 radical (unpaired) electrons. The summed E-state index contributed by atoms with van der Waals surface area (Å²) in [6.45, 7) is 4.49. The fourth-order valence-corrected chi connectivity index (χ4v) is 1.31. The minimum atomic E-state index is -0.189. The molecule has 0 fully saturated rings. The van der Waals surface area contributed by atoms with Crippen LogP contribution in [0.4, 0.5) is 10.5 Å². The van der Waals surface area contributed by atoms with Crippen molar-refractivity contribution in [2.75, 3.05) is 11.9 Å².